The van der Waals surface area contributed by atoms with E-state index in [1.54, 1.807) is 0 Å². The van der Waals surface area contributed by atoms with Crippen LogP contribution in [0.4, 0.5) is 0 Å². The lowest BCUT2D eigenvalue weighted by atomic mass is 10.1. The van der Waals surface area contributed by atoms with E-state index in [1.807, 2.05) is 0 Å². The van der Waals surface area contributed by atoms with Crippen LogP contribution in [0.3, 0.4) is 0 Å². The Bertz CT molecular complexity index is 321. The lowest BCUT2D eigenvalue weighted by Crippen LogP contribution is -2.23. The monoisotopic (exact) mass is 263 g/mol. The van der Waals surface area contributed by atoms with Crippen LogP contribution >= 0.6 is 12.2 Å². The number of benzene rings is 1. The zero-order valence-electron chi connectivity index (χ0n) is 11.5. The van der Waals surface area contributed by atoms with E-state index in [1.165, 1.54) is 37.7 Å². The van der Waals surface area contributed by atoms with Crippen molar-refractivity contribution in [3.8, 4) is 0 Å². The molecule has 0 saturated carbocycles. The molecule has 0 aliphatic heterocycles. The van der Waals surface area contributed by atoms with E-state index >= 15 is 0 Å². The lowest BCUT2D eigenvalue weighted by molar-refractivity contribution is 0.641. The van der Waals surface area contributed by atoms with E-state index < -0.39 is 0 Å². The summed E-state index contributed by atoms with van der Waals surface area (Å²) in [7, 11) is 0. The Morgan fingerprint density at radius 2 is 1.78 bits per heavy atom. The quantitative estimate of drug-likeness (QED) is 0.520. The fourth-order valence-electron chi connectivity index (χ4n) is 1.97. The van der Waals surface area contributed by atoms with Crippen molar-refractivity contribution in [2.45, 2.75) is 51.9 Å². The first-order valence-electron chi connectivity index (χ1n) is 7.13. The first kappa shape index (κ1) is 15.2. The maximum Gasteiger partial charge on any atom is 0.0753 e. The summed E-state index contributed by atoms with van der Waals surface area (Å²) >= 11 is 5.34. The Labute approximate surface area is 117 Å². The van der Waals surface area contributed by atoms with Crippen LogP contribution in [0.15, 0.2) is 30.3 Å². The topological polar surface area (TPSA) is 12.0 Å². The van der Waals surface area contributed by atoms with Crippen molar-refractivity contribution >= 4 is 17.2 Å². The van der Waals surface area contributed by atoms with Gasteiger partial charge in [-0.25, -0.2) is 0 Å². The number of nitrogens with one attached hydrogen (secondary N) is 1. The average Bonchev–Trinajstić information content (AvgIpc) is 2.40. The molecule has 0 atom stereocenters. The molecule has 1 aromatic carbocycles. The predicted octanol–water partition coefficient (Wildman–Crippen LogP) is 4.51. The van der Waals surface area contributed by atoms with Gasteiger partial charge in [-0.2, -0.15) is 0 Å². The molecule has 1 aromatic rings. The second-order valence-electron chi connectivity index (χ2n) is 4.75. The summed E-state index contributed by atoms with van der Waals surface area (Å²) < 4.78 is 0. The van der Waals surface area contributed by atoms with Crippen molar-refractivity contribution in [3.63, 3.8) is 0 Å². The molecule has 0 aromatic heterocycles. The second-order valence-corrected chi connectivity index (χ2v) is 5.24. The van der Waals surface area contributed by atoms with E-state index in [-0.39, 0.29) is 0 Å². The molecule has 0 spiro atoms. The van der Waals surface area contributed by atoms with E-state index in [0.717, 1.165) is 24.4 Å². The SMILES string of the molecule is CCCCCCCC(=S)NCCc1ccccc1. The van der Waals surface area contributed by atoms with Crippen LogP contribution in [-0.4, -0.2) is 11.5 Å². The molecule has 1 nitrogen and oxygen atoms in total. The van der Waals surface area contributed by atoms with Gasteiger partial charge < -0.3 is 5.32 Å². The molecular formula is C16H25NS. The molecule has 0 saturated heterocycles. The van der Waals surface area contributed by atoms with Gasteiger partial charge in [-0.05, 0) is 24.8 Å². The summed E-state index contributed by atoms with van der Waals surface area (Å²) in [6.45, 7) is 3.20. The van der Waals surface area contributed by atoms with Crippen LogP contribution in [-0.2, 0) is 6.42 Å². The smallest absolute Gasteiger partial charge is 0.0753 e. The first-order chi connectivity index (χ1) is 8.83. The van der Waals surface area contributed by atoms with E-state index in [9.17, 15) is 0 Å². The molecule has 0 unspecified atom stereocenters. The molecule has 0 amide bonds. The van der Waals surface area contributed by atoms with Crippen LogP contribution in [0.2, 0.25) is 0 Å². The fourth-order valence-corrected chi connectivity index (χ4v) is 2.21. The van der Waals surface area contributed by atoms with Crippen LogP contribution in [0.5, 0.6) is 0 Å². The van der Waals surface area contributed by atoms with Crippen LogP contribution < -0.4 is 5.32 Å². The number of hydrogen-bond donors (Lipinski definition) is 1. The number of unbranched alkanes of at least 4 members (excludes halogenated alkanes) is 4. The molecule has 0 aliphatic rings. The second kappa shape index (κ2) is 10.1. The van der Waals surface area contributed by atoms with Gasteiger partial charge in [0.25, 0.3) is 0 Å². The van der Waals surface area contributed by atoms with E-state index in [4.69, 9.17) is 12.2 Å². The normalized spacial score (nSPS) is 10.3. The Morgan fingerprint density at radius 1 is 1.06 bits per heavy atom. The van der Waals surface area contributed by atoms with E-state index in [2.05, 4.69) is 42.6 Å². The minimum absolute atomic E-state index is 0.956. The highest BCUT2D eigenvalue weighted by Crippen LogP contribution is 2.05. The molecule has 0 bridgehead atoms. The third-order valence-electron chi connectivity index (χ3n) is 3.09. The molecule has 0 radical (unpaired) electrons. The van der Waals surface area contributed by atoms with Gasteiger partial charge in [0.05, 0.1) is 4.99 Å². The highest BCUT2D eigenvalue weighted by atomic mass is 32.1. The molecule has 0 aliphatic carbocycles. The summed E-state index contributed by atoms with van der Waals surface area (Å²) in [5.74, 6) is 0. The van der Waals surface area contributed by atoms with Crippen molar-refractivity contribution < 1.29 is 0 Å². The summed E-state index contributed by atoms with van der Waals surface area (Å²) in [5, 5.41) is 3.35. The van der Waals surface area contributed by atoms with Gasteiger partial charge in [0.15, 0.2) is 0 Å². The third-order valence-corrected chi connectivity index (χ3v) is 3.43. The molecule has 1 rings (SSSR count). The highest BCUT2D eigenvalue weighted by Gasteiger charge is 1.97. The molecular weight excluding hydrogens is 238 g/mol. The summed E-state index contributed by atoms with van der Waals surface area (Å²) in [6.07, 6.45) is 8.66. The minimum Gasteiger partial charge on any atom is -0.379 e. The highest BCUT2D eigenvalue weighted by molar-refractivity contribution is 7.80. The van der Waals surface area contributed by atoms with Crippen molar-refractivity contribution in [1.82, 2.24) is 5.32 Å². The average molecular weight is 263 g/mol. The van der Waals surface area contributed by atoms with Crippen LogP contribution in [0, 0.1) is 0 Å². The van der Waals surface area contributed by atoms with Crippen LogP contribution in [0.25, 0.3) is 0 Å². The Morgan fingerprint density at radius 3 is 2.50 bits per heavy atom. The minimum atomic E-state index is 0.956. The van der Waals surface area contributed by atoms with Crippen molar-refractivity contribution in [1.29, 1.82) is 0 Å². The van der Waals surface area contributed by atoms with Gasteiger partial charge in [-0.3, -0.25) is 0 Å². The predicted molar refractivity (Wildman–Crippen MR) is 84.1 cm³/mol. The van der Waals surface area contributed by atoms with Gasteiger partial charge in [-0.1, -0.05) is 75.2 Å². The zero-order chi connectivity index (χ0) is 13.1. The molecule has 2 heteroatoms. The fraction of sp³-hybridized carbons (Fsp3) is 0.562. The van der Waals surface area contributed by atoms with Crippen molar-refractivity contribution in [2.75, 3.05) is 6.54 Å². The standard InChI is InChI=1S/C16H25NS/c1-2-3-4-5-9-12-16(18)17-14-13-15-10-7-6-8-11-15/h6-8,10-11H,2-5,9,12-14H2,1H3,(H,17,18). The Kier molecular flexibility index (Phi) is 8.49. The Hall–Kier alpha value is -0.890. The largest absolute Gasteiger partial charge is 0.379 e. The van der Waals surface area contributed by atoms with E-state index in [0.29, 0.717) is 0 Å². The molecule has 0 heterocycles. The van der Waals surface area contributed by atoms with Gasteiger partial charge in [0.2, 0.25) is 0 Å². The Balaban J connectivity index is 2.00. The number of hydrogen-bond acceptors (Lipinski definition) is 1. The van der Waals surface area contributed by atoms with Gasteiger partial charge >= 0.3 is 0 Å². The number of rotatable bonds is 9. The molecule has 18 heavy (non-hydrogen) atoms. The number of thiocarbonyl (C=S) groups is 1. The third kappa shape index (κ3) is 7.44. The van der Waals surface area contributed by atoms with Gasteiger partial charge in [0.1, 0.15) is 0 Å². The zero-order valence-corrected chi connectivity index (χ0v) is 12.3. The summed E-state index contributed by atoms with van der Waals surface area (Å²) in [6, 6.07) is 10.5. The first-order valence-corrected chi connectivity index (χ1v) is 7.54. The van der Waals surface area contributed by atoms with Crippen molar-refractivity contribution in [2.24, 2.45) is 0 Å². The molecule has 100 valence electrons. The molecule has 1 N–H and O–H groups in total. The maximum atomic E-state index is 5.34. The van der Waals surface area contributed by atoms with Gasteiger partial charge in [-0.15, -0.1) is 0 Å². The summed E-state index contributed by atoms with van der Waals surface area (Å²) in [5.41, 5.74) is 1.37. The summed E-state index contributed by atoms with van der Waals surface area (Å²) in [4.78, 5) is 1.03. The van der Waals surface area contributed by atoms with Crippen molar-refractivity contribution in [3.05, 3.63) is 35.9 Å². The van der Waals surface area contributed by atoms with Crippen LogP contribution in [0.1, 0.15) is 51.0 Å². The molecule has 0 fully saturated rings. The van der Waals surface area contributed by atoms with Gasteiger partial charge in [0, 0.05) is 6.54 Å². The maximum absolute atomic E-state index is 5.34. The lowest BCUT2D eigenvalue weighted by Gasteiger charge is -2.07.